The number of carbonyl (C=O) groups excluding carboxylic acids is 1. The fourth-order valence-electron chi connectivity index (χ4n) is 2.61. The average Bonchev–Trinajstić information content (AvgIpc) is 2.44. The zero-order chi connectivity index (χ0) is 13.1. The summed E-state index contributed by atoms with van der Waals surface area (Å²) in [6.45, 7) is 4.01. The van der Waals surface area contributed by atoms with Gasteiger partial charge in [0.05, 0.1) is 13.2 Å². The predicted molar refractivity (Wildman–Crippen MR) is 72.7 cm³/mol. The van der Waals surface area contributed by atoms with Crippen LogP contribution >= 0.6 is 0 Å². The second-order valence-corrected chi connectivity index (χ2v) is 5.34. The van der Waals surface area contributed by atoms with Crippen molar-refractivity contribution in [3.05, 3.63) is 35.9 Å². The number of morpholine rings is 1. The van der Waals surface area contributed by atoms with Crippen molar-refractivity contribution in [3.8, 4) is 0 Å². The molecule has 4 nitrogen and oxygen atoms in total. The highest BCUT2D eigenvalue weighted by atomic mass is 16.5. The Bertz CT molecular complexity index is 431. The van der Waals surface area contributed by atoms with Gasteiger partial charge in [0.1, 0.15) is 6.10 Å². The zero-order valence-corrected chi connectivity index (χ0v) is 11.0. The summed E-state index contributed by atoms with van der Waals surface area (Å²) in [5.74, 6) is 0.807. The molecular formula is C15H20N2O2. The van der Waals surface area contributed by atoms with Crippen molar-refractivity contribution in [2.24, 2.45) is 5.92 Å². The molecule has 0 saturated carbocycles. The van der Waals surface area contributed by atoms with Gasteiger partial charge in [0.15, 0.2) is 0 Å². The molecule has 0 aromatic heterocycles. The molecule has 102 valence electrons. The number of carbonyl (C=O) groups is 1. The summed E-state index contributed by atoms with van der Waals surface area (Å²) in [6.07, 6.45) is 0.701. The topological polar surface area (TPSA) is 41.6 Å². The van der Waals surface area contributed by atoms with Gasteiger partial charge in [0.25, 0.3) is 0 Å². The van der Waals surface area contributed by atoms with E-state index in [4.69, 9.17) is 4.74 Å². The maximum atomic E-state index is 12.2. The number of nitrogens with one attached hydrogen (secondary N) is 1. The summed E-state index contributed by atoms with van der Waals surface area (Å²) in [4.78, 5) is 14.2. The molecule has 1 amide bonds. The summed E-state index contributed by atoms with van der Waals surface area (Å²) in [5, 5.41) is 3.21. The molecule has 4 heteroatoms. The van der Waals surface area contributed by atoms with Crippen LogP contribution in [0.1, 0.15) is 18.1 Å². The van der Waals surface area contributed by atoms with Gasteiger partial charge in [-0.1, -0.05) is 30.3 Å². The van der Waals surface area contributed by atoms with E-state index in [0.29, 0.717) is 25.5 Å². The SMILES string of the molecule is O=C(CC1CNC1)N1CCOC(c2ccccc2)C1. The van der Waals surface area contributed by atoms with Gasteiger partial charge in [0.2, 0.25) is 5.91 Å². The molecule has 2 aliphatic rings. The first kappa shape index (κ1) is 12.6. The van der Waals surface area contributed by atoms with Crippen molar-refractivity contribution in [1.82, 2.24) is 10.2 Å². The average molecular weight is 260 g/mol. The van der Waals surface area contributed by atoms with Crippen molar-refractivity contribution < 1.29 is 9.53 Å². The summed E-state index contributed by atoms with van der Waals surface area (Å²) in [5.41, 5.74) is 1.16. The Kier molecular flexibility index (Phi) is 3.80. The monoisotopic (exact) mass is 260 g/mol. The Morgan fingerprint density at radius 1 is 1.32 bits per heavy atom. The van der Waals surface area contributed by atoms with Crippen LogP contribution in [-0.4, -0.2) is 43.6 Å². The van der Waals surface area contributed by atoms with E-state index in [2.05, 4.69) is 17.4 Å². The molecule has 0 spiro atoms. The van der Waals surface area contributed by atoms with Gasteiger partial charge < -0.3 is 15.0 Å². The Balaban J connectivity index is 1.59. The van der Waals surface area contributed by atoms with Gasteiger partial charge >= 0.3 is 0 Å². The zero-order valence-electron chi connectivity index (χ0n) is 11.0. The Labute approximate surface area is 113 Å². The lowest BCUT2D eigenvalue weighted by atomic mass is 9.98. The van der Waals surface area contributed by atoms with Crippen LogP contribution < -0.4 is 5.32 Å². The molecule has 3 rings (SSSR count). The van der Waals surface area contributed by atoms with E-state index in [-0.39, 0.29) is 12.0 Å². The summed E-state index contributed by atoms with van der Waals surface area (Å²) < 4.78 is 5.78. The number of nitrogens with zero attached hydrogens (tertiary/aromatic N) is 1. The Hall–Kier alpha value is -1.39. The summed E-state index contributed by atoms with van der Waals surface area (Å²) >= 11 is 0. The maximum absolute atomic E-state index is 12.2. The number of rotatable bonds is 3. The van der Waals surface area contributed by atoms with Crippen molar-refractivity contribution >= 4 is 5.91 Å². The van der Waals surface area contributed by atoms with Gasteiger partial charge in [0, 0.05) is 13.0 Å². The third-order valence-corrected chi connectivity index (χ3v) is 3.92. The molecular weight excluding hydrogens is 240 g/mol. The normalized spacial score (nSPS) is 24.0. The van der Waals surface area contributed by atoms with Gasteiger partial charge in [-0.3, -0.25) is 4.79 Å². The highest BCUT2D eigenvalue weighted by molar-refractivity contribution is 5.76. The van der Waals surface area contributed by atoms with Crippen LogP contribution in [0.5, 0.6) is 0 Å². The highest BCUT2D eigenvalue weighted by Gasteiger charge is 2.28. The van der Waals surface area contributed by atoms with Crippen LogP contribution in [0.2, 0.25) is 0 Å². The number of hydrogen-bond donors (Lipinski definition) is 1. The Morgan fingerprint density at radius 3 is 2.79 bits per heavy atom. The van der Waals surface area contributed by atoms with Crippen LogP contribution in [0.15, 0.2) is 30.3 Å². The van der Waals surface area contributed by atoms with E-state index >= 15 is 0 Å². The molecule has 2 aliphatic heterocycles. The standard InChI is InChI=1S/C15H20N2O2/c18-15(8-12-9-16-10-12)17-6-7-19-14(11-17)13-4-2-1-3-5-13/h1-5,12,14,16H,6-11H2. The van der Waals surface area contributed by atoms with E-state index in [0.717, 1.165) is 25.2 Å². The molecule has 2 fully saturated rings. The van der Waals surface area contributed by atoms with E-state index < -0.39 is 0 Å². The van der Waals surface area contributed by atoms with E-state index in [1.807, 2.05) is 23.1 Å². The Morgan fingerprint density at radius 2 is 2.11 bits per heavy atom. The highest BCUT2D eigenvalue weighted by Crippen LogP contribution is 2.23. The smallest absolute Gasteiger partial charge is 0.223 e. The van der Waals surface area contributed by atoms with Gasteiger partial charge in [-0.2, -0.15) is 0 Å². The minimum atomic E-state index is 0.0263. The lowest BCUT2D eigenvalue weighted by Gasteiger charge is -2.35. The molecule has 1 unspecified atom stereocenters. The van der Waals surface area contributed by atoms with E-state index in [1.165, 1.54) is 0 Å². The van der Waals surface area contributed by atoms with Crippen LogP contribution in [0, 0.1) is 5.92 Å². The molecule has 2 saturated heterocycles. The van der Waals surface area contributed by atoms with E-state index in [9.17, 15) is 4.79 Å². The van der Waals surface area contributed by atoms with Crippen LogP contribution in [0.3, 0.4) is 0 Å². The lowest BCUT2D eigenvalue weighted by Crippen LogP contribution is -2.47. The lowest BCUT2D eigenvalue weighted by molar-refractivity contribution is -0.140. The van der Waals surface area contributed by atoms with Crippen LogP contribution in [0.25, 0.3) is 0 Å². The molecule has 2 heterocycles. The molecule has 1 aromatic rings. The molecule has 1 aromatic carbocycles. The van der Waals surface area contributed by atoms with Gasteiger partial charge in [-0.25, -0.2) is 0 Å². The fraction of sp³-hybridized carbons (Fsp3) is 0.533. The van der Waals surface area contributed by atoms with E-state index in [1.54, 1.807) is 0 Å². The van der Waals surface area contributed by atoms with Crippen molar-refractivity contribution in [2.75, 3.05) is 32.8 Å². The molecule has 1 atom stereocenters. The largest absolute Gasteiger partial charge is 0.370 e. The minimum Gasteiger partial charge on any atom is -0.370 e. The first-order valence-corrected chi connectivity index (χ1v) is 6.98. The minimum absolute atomic E-state index is 0.0263. The van der Waals surface area contributed by atoms with Gasteiger partial charge in [-0.05, 0) is 24.6 Å². The molecule has 0 radical (unpaired) electrons. The van der Waals surface area contributed by atoms with Crippen LogP contribution in [0.4, 0.5) is 0 Å². The second kappa shape index (κ2) is 5.72. The number of amides is 1. The molecule has 0 bridgehead atoms. The number of benzene rings is 1. The molecule has 0 aliphatic carbocycles. The number of ether oxygens (including phenoxy) is 1. The first-order valence-electron chi connectivity index (χ1n) is 6.98. The van der Waals surface area contributed by atoms with Crippen molar-refractivity contribution in [1.29, 1.82) is 0 Å². The third-order valence-electron chi connectivity index (χ3n) is 3.92. The van der Waals surface area contributed by atoms with Gasteiger partial charge in [-0.15, -0.1) is 0 Å². The predicted octanol–water partition coefficient (Wildman–Crippen LogP) is 1.20. The fourth-order valence-corrected chi connectivity index (χ4v) is 2.61. The molecule has 19 heavy (non-hydrogen) atoms. The quantitative estimate of drug-likeness (QED) is 0.888. The number of hydrogen-bond acceptors (Lipinski definition) is 3. The summed E-state index contributed by atoms with van der Waals surface area (Å²) in [6, 6.07) is 10.2. The third kappa shape index (κ3) is 2.96. The van der Waals surface area contributed by atoms with Crippen LogP contribution in [-0.2, 0) is 9.53 Å². The van der Waals surface area contributed by atoms with Crippen molar-refractivity contribution in [2.45, 2.75) is 12.5 Å². The molecule has 1 N–H and O–H groups in total. The van der Waals surface area contributed by atoms with Crippen molar-refractivity contribution in [3.63, 3.8) is 0 Å². The summed E-state index contributed by atoms with van der Waals surface area (Å²) in [7, 11) is 0. The maximum Gasteiger partial charge on any atom is 0.223 e. The second-order valence-electron chi connectivity index (χ2n) is 5.34. The first-order chi connectivity index (χ1) is 9.33.